The highest BCUT2D eigenvalue weighted by atomic mass is 16.5. The van der Waals surface area contributed by atoms with Gasteiger partial charge in [-0.25, -0.2) is 4.98 Å². The molecule has 1 aliphatic rings. The Morgan fingerprint density at radius 2 is 1.94 bits per heavy atom. The third-order valence-corrected chi connectivity index (χ3v) is 5.18. The highest BCUT2D eigenvalue weighted by molar-refractivity contribution is 6.03. The van der Waals surface area contributed by atoms with E-state index in [1.807, 2.05) is 37.3 Å². The summed E-state index contributed by atoms with van der Waals surface area (Å²) in [5.41, 5.74) is 2.14. The number of amides is 2. The second kappa shape index (κ2) is 8.87. The summed E-state index contributed by atoms with van der Waals surface area (Å²) in [6.07, 6.45) is 2.04. The van der Waals surface area contributed by atoms with Crippen molar-refractivity contribution >= 4 is 17.5 Å². The lowest BCUT2D eigenvalue weighted by molar-refractivity contribution is -0.120. The molecule has 0 aliphatic carbocycles. The summed E-state index contributed by atoms with van der Waals surface area (Å²) in [5.74, 6) is 1.32. The van der Waals surface area contributed by atoms with Gasteiger partial charge in [-0.05, 0) is 36.2 Å². The van der Waals surface area contributed by atoms with E-state index < -0.39 is 6.04 Å². The molecule has 0 bridgehead atoms. The number of ether oxygens (including phenoxy) is 2. The Morgan fingerprint density at radius 1 is 1.13 bits per heavy atom. The first-order valence-corrected chi connectivity index (χ1v) is 10.1. The molecule has 2 amide bonds. The number of benzene rings is 2. The fourth-order valence-electron chi connectivity index (χ4n) is 3.60. The van der Waals surface area contributed by atoms with Crippen LogP contribution in [0, 0.1) is 0 Å². The van der Waals surface area contributed by atoms with E-state index in [0.29, 0.717) is 41.6 Å². The minimum absolute atomic E-state index is 0.113. The molecule has 1 aromatic heterocycles. The van der Waals surface area contributed by atoms with Gasteiger partial charge in [0, 0.05) is 24.2 Å². The van der Waals surface area contributed by atoms with Crippen LogP contribution in [0.5, 0.6) is 17.4 Å². The standard InChI is InChI=1S/C24H23N3O4/c1-3-21(27-15-16-7-4-5-10-20(16)24(27)29)23(28)26-17-11-12-22(25-14-17)31-19-9-6-8-18(13-19)30-2/h4-14,21H,3,15H2,1-2H3,(H,26,28). The lowest BCUT2D eigenvalue weighted by Crippen LogP contribution is -2.43. The second-order valence-corrected chi connectivity index (χ2v) is 7.17. The van der Waals surface area contributed by atoms with E-state index in [-0.39, 0.29) is 11.8 Å². The van der Waals surface area contributed by atoms with Crippen molar-refractivity contribution in [3.63, 3.8) is 0 Å². The van der Waals surface area contributed by atoms with Crippen molar-refractivity contribution in [1.82, 2.24) is 9.88 Å². The topological polar surface area (TPSA) is 80.8 Å². The van der Waals surface area contributed by atoms with Crippen molar-refractivity contribution in [2.24, 2.45) is 0 Å². The largest absolute Gasteiger partial charge is 0.497 e. The number of hydrogen-bond acceptors (Lipinski definition) is 5. The van der Waals surface area contributed by atoms with E-state index in [1.54, 1.807) is 42.3 Å². The Balaban J connectivity index is 1.41. The van der Waals surface area contributed by atoms with E-state index in [9.17, 15) is 9.59 Å². The number of rotatable bonds is 7. The molecule has 2 aromatic carbocycles. The molecule has 4 rings (SSSR count). The molecule has 0 saturated carbocycles. The molecular formula is C24H23N3O4. The molecule has 0 spiro atoms. The maximum atomic E-state index is 12.9. The van der Waals surface area contributed by atoms with Gasteiger partial charge in [0.25, 0.3) is 5.91 Å². The SMILES string of the molecule is CCC(C(=O)Nc1ccc(Oc2cccc(OC)c2)nc1)N1Cc2ccccc2C1=O. The summed E-state index contributed by atoms with van der Waals surface area (Å²) in [6, 6.07) is 17.5. The number of nitrogens with one attached hydrogen (secondary N) is 1. The molecular weight excluding hydrogens is 394 g/mol. The average molecular weight is 417 g/mol. The van der Waals surface area contributed by atoms with Gasteiger partial charge in [-0.2, -0.15) is 0 Å². The van der Waals surface area contributed by atoms with E-state index >= 15 is 0 Å². The lowest BCUT2D eigenvalue weighted by Gasteiger charge is -2.25. The molecule has 7 nitrogen and oxygen atoms in total. The highest BCUT2D eigenvalue weighted by Gasteiger charge is 2.35. The van der Waals surface area contributed by atoms with Gasteiger partial charge in [0.15, 0.2) is 0 Å². The average Bonchev–Trinajstić information content (AvgIpc) is 3.12. The minimum Gasteiger partial charge on any atom is -0.497 e. The number of nitrogens with zero attached hydrogens (tertiary/aromatic N) is 2. The maximum Gasteiger partial charge on any atom is 0.255 e. The first kappa shape index (κ1) is 20.4. The Bertz CT molecular complexity index is 1100. The van der Waals surface area contributed by atoms with Crippen LogP contribution >= 0.6 is 0 Å². The smallest absolute Gasteiger partial charge is 0.255 e. The fourth-order valence-corrected chi connectivity index (χ4v) is 3.60. The van der Waals surface area contributed by atoms with Crippen molar-refractivity contribution in [3.05, 3.63) is 78.0 Å². The molecule has 7 heteroatoms. The number of pyridine rings is 1. The first-order chi connectivity index (χ1) is 15.1. The van der Waals surface area contributed by atoms with E-state index in [1.165, 1.54) is 6.20 Å². The van der Waals surface area contributed by atoms with Gasteiger partial charge in [0.1, 0.15) is 17.5 Å². The number of hydrogen-bond donors (Lipinski definition) is 1. The maximum absolute atomic E-state index is 12.9. The van der Waals surface area contributed by atoms with Crippen LogP contribution in [0.1, 0.15) is 29.3 Å². The number of fused-ring (bicyclic) bond motifs is 1. The zero-order valence-electron chi connectivity index (χ0n) is 17.4. The van der Waals surface area contributed by atoms with Crippen LogP contribution in [0.4, 0.5) is 5.69 Å². The Kier molecular flexibility index (Phi) is 5.84. The van der Waals surface area contributed by atoms with Crippen molar-refractivity contribution in [2.45, 2.75) is 25.9 Å². The summed E-state index contributed by atoms with van der Waals surface area (Å²) >= 11 is 0. The van der Waals surface area contributed by atoms with Gasteiger partial charge in [-0.15, -0.1) is 0 Å². The summed E-state index contributed by atoms with van der Waals surface area (Å²) < 4.78 is 10.9. The van der Waals surface area contributed by atoms with Crippen molar-refractivity contribution in [1.29, 1.82) is 0 Å². The van der Waals surface area contributed by atoms with Crippen LogP contribution in [0.15, 0.2) is 66.9 Å². The quantitative estimate of drug-likeness (QED) is 0.621. The Hall–Kier alpha value is -3.87. The molecule has 1 atom stereocenters. The van der Waals surface area contributed by atoms with Gasteiger partial charge in [-0.1, -0.05) is 31.2 Å². The first-order valence-electron chi connectivity index (χ1n) is 10.1. The van der Waals surface area contributed by atoms with Crippen molar-refractivity contribution in [3.8, 4) is 17.4 Å². The summed E-state index contributed by atoms with van der Waals surface area (Å²) in [5, 5.41) is 2.86. The number of carbonyl (C=O) groups excluding carboxylic acids is 2. The molecule has 0 saturated heterocycles. The van der Waals surface area contributed by atoms with E-state index in [2.05, 4.69) is 10.3 Å². The summed E-state index contributed by atoms with van der Waals surface area (Å²) in [6.45, 7) is 2.33. The molecule has 3 aromatic rings. The third-order valence-electron chi connectivity index (χ3n) is 5.18. The fraction of sp³-hybridized carbons (Fsp3) is 0.208. The number of methoxy groups -OCH3 is 1. The highest BCUT2D eigenvalue weighted by Crippen LogP contribution is 2.27. The molecule has 31 heavy (non-hydrogen) atoms. The van der Waals surface area contributed by atoms with Gasteiger partial charge in [-0.3, -0.25) is 9.59 Å². The Morgan fingerprint density at radius 3 is 2.65 bits per heavy atom. The van der Waals surface area contributed by atoms with Crippen LogP contribution in [0.25, 0.3) is 0 Å². The molecule has 1 N–H and O–H groups in total. The third kappa shape index (κ3) is 4.35. The van der Waals surface area contributed by atoms with Crippen LogP contribution < -0.4 is 14.8 Å². The molecule has 0 radical (unpaired) electrons. The second-order valence-electron chi connectivity index (χ2n) is 7.17. The zero-order valence-corrected chi connectivity index (χ0v) is 17.4. The number of aromatic nitrogens is 1. The predicted molar refractivity (Wildman–Crippen MR) is 116 cm³/mol. The monoisotopic (exact) mass is 417 g/mol. The van der Waals surface area contributed by atoms with Crippen LogP contribution in [-0.4, -0.2) is 34.8 Å². The van der Waals surface area contributed by atoms with Gasteiger partial charge in [0.2, 0.25) is 11.8 Å². The lowest BCUT2D eigenvalue weighted by atomic mass is 10.1. The van der Waals surface area contributed by atoms with E-state index in [0.717, 1.165) is 5.56 Å². The number of anilines is 1. The van der Waals surface area contributed by atoms with Crippen LogP contribution in [0.2, 0.25) is 0 Å². The molecule has 0 fully saturated rings. The molecule has 1 aliphatic heterocycles. The minimum atomic E-state index is -0.562. The molecule has 2 heterocycles. The normalized spacial score (nSPS) is 13.5. The zero-order chi connectivity index (χ0) is 21.8. The van der Waals surface area contributed by atoms with Crippen molar-refractivity contribution < 1.29 is 19.1 Å². The van der Waals surface area contributed by atoms with E-state index in [4.69, 9.17) is 9.47 Å². The van der Waals surface area contributed by atoms with Gasteiger partial charge in [0.05, 0.1) is 19.0 Å². The summed E-state index contributed by atoms with van der Waals surface area (Å²) in [7, 11) is 1.59. The Labute approximate surface area is 180 Å². The van der Waals surface area contributed by atoms with Gasteiger partial charge < -0.3 is 19.7 Å². The number of carbonyl (C=O) groups is 2. The summed E-state index contributed by atoms with van der Waals surface area (Å²) in [4.78, 5) is 31.5. The molecule has 1 unspecified atom stereocenters. The molecule has 158 valence electrons. The van der Waals surface area contributed by atoms with Crippen molar-refractivity contribution in [2.75, 3.05) is 12.4 Å². The van der Waals surface area contributed by atoms with Gasteiger partial charge >= 0.3 is 0 Å². The van der Waals surface area contributed by atoms with Crippen LogP contribution in [0.3, 0.4) is 0 Å². The predicted octanol–water partition coefficient (Wildman–Crippen LogP) is 4.26. The van der Waals surface area contributed by atoms with Crippen LogP contribution in [-0.2, 0) is 11.3 Å².